The molecule has 0 spiro atoms. The molecular formula is C36H36N2. The third-order valence-corrected chi connectivity index (χ3v) is 8.01. The summed E-state index contributed by atoms with van der Waals surface area (Å²) in [6.07, 6.45) is 4.03. The number of nitrogens with zero attached hydrogens (tertiary/aromatic N) is 2. The van der Waals surface area contributed by atoms with Crippen molar-refractivity contribution in [1.29, 1.82) is 0 Å². The number of aryl methyl sites for hydroxylation is 1. The number of pyridine rings is 2. The Bertz CT molecular complexity index is 2040. The number of hydrogen-bond donors (Lipinski definition) is 0. The zero-order valence-corrected chi connectivity index (χ0v) is 23.7. The number of benzene rings is 4. The van der Waals surface area contributed by atoms with E-state index in [0.717, 1.165) is 18.4 Å². The second-order valence-corrected chi connectivity index (χ2v) is 13.9. The minimum absolute atomic E-state index is 0.142. The minimum Gasteiger partial charge on any atom is -0.308 e. The van der Waals surface area contributed by atoms with Crippen LogP contribution in [0.3, 0.4) is 0 Å². The van der Waals surface area contributed by atoms with Gasteiger partial charge in [0.1, 0.15) is 0 Å². The summed E-state index contributed by atoms with van der Waals surface area (Å²) in [5.74, 6) is 0. The molecule has 4 aromatic carbocycles. The summed E-state index contributed by atoms with van der Waals surface area (Å²) >= 11 is 0. The SMILES string of the molecule is Cc1ccc2c(CC(C)(C)C)c3c(cc2c1)c1nccc2ccc4c5ccc(CC(C)(C)C)cc5n3c4c21. The van der Waals surface area contributed by atoms with Gasteiger partial charge in [0.25, 0.3) is 0 Å². The van der Waals surface area contributed by atoms with E-state index in [-0.39, 0.29) is 10.8 Å². The van der Waals surface area contributed by atoms with E-state index in [1.54, 1.807) is 0 Å². The Hall–Kier alpha value is -3.65. The molecule has 0 aliphatic heterocycles. The highest BCUT2D eigenvalue weighted by atomic mass is 14.9. The number of hydrogen-bond acceptors (Lipinski definition) is 1. The molecule has 190 valence electrons. The predicted molar refractivity (Wildman–Crippen MR) is 165 cm³/mol. The molecular weight excluding hydrogens is 460 g/mol. The van der Waals surface area contributed by atoms with Crippen molar-refractivity contribution in [2.45, 2.75) is 61.3 Å². The molecule has 0 radical (unpaired) electrons. The van der Waals surface area contributed by atoms with Crippen molar-refractivity contribution in [1.82, 2.24) is 9.38 Å². The van der Waals surface area contributed by atoms with E-state index in [4.69, 9.17) is 4.98 Å². The molecule has 38 heavy (non-hydrogen) atoms. The summed E-state index contributed by atoms with van der Waals surface area (Å²) < 4.78 is 2.60. The average Bonchev–Trinajstić information content (AvgIpc) is 3.15. The average molecular weight is 497 g/mol. The van der Waals surface area contributed by atoms with E-state index in [1.165, 1.54) is 70.9 Å². The van der Waals surface area contributed by atoms with Crippen LogP contribution in [-0.4, -0.2) is 9.38 Å². The Balaban J connectivity index is 1.79. The van der Waals surface area contributed by atoms with Gasteiger partial charge in [-0.05, 0) is 76.1 Å². The molecule has 0 aliphatic carbocycles. The second kappa shape index (κ2) is 7.69. The standard InChI is InChI=1S/C36H36N2/c1-21-8-11-25-24(16-21)18-28-32-31-23(14-15-37-32)10-13-27-26-12-9-22(19-35(2,3)4)17-30(26)38(34(27)31)33(28)29(25)20-36(5,6)7/h8-18H,19-20H2,1-7H3. The summed E-state index contributed by atoms with van der Waals surface area (Å²) in [6.45, 7) is 16.2. The van der Waals surface area contributed by atoms with Crippen LogP contribution in [0.15, 0.2) is 66.9 Å². The summed E-state index contributed by atoms with van der Waals surface area (Å²) in [4.78, 5) is 5.05. The van der Waals surface area contributed by atoms with Crippen LogP contribution in [0.1, 0.15) is 58.2 Å². The van der Waals surface area contributed by atoms with Crippen molar-refractivity contribution in [3.05, 3.63) is 83.6 Å². The Morgan fingerprint density at radius 1 is 0.658 bits per heavy atom. The Labute approximate surface area is 224 Å². The van der Waals surface area contributed by atoms with Gasteiger partial charge in [0.2, 0.25) is 0 Å². The zero-order valence-electron chi connectivity index (χ0n) is 23.7. The first kappa shape index (κ1) is 23.5. The first-order chi connectivity index (χ1) is 18.0. The molecule has 0 N–H and O–H groups in total. The van der Waals surface area contributed by atoms with Crippen molar-refractivity contribution >= 4 is 59.8 Å². The van der Waals surface area contributed by atoms with Gasteiger partial charge in [0.15, 0.2) is 0 Å². The molecule has 2 nitrogen and oxygen atoms in total. The Morgan fingerprint density at radius 3 is 2.16 bits per heavy atom. The molecule has 3 aromatic heterocycles. The molecule has 0 fully saturated rings. The van der Waals surface area contributed by atoms with Crippen LogP contribution < -0.4 is 0 Å². The maximum absolute atomic E-state index is 5.05. The van der Waals surface area contributed by atoms with E-state index < -0.39 is 0 Å². The number of fused-ring (bicyclic) bond motifs is 7. The monoisotopic (exact) mass is 496 g/mol. The second-order valence-electron chi connectivity index (χ2n) is 13.9. The van der Waals surface area contributed by atoms with E-state index in [9.17, 15) is 0 Å². The van der Waals surface area contributed by atoms with Gasteiger partial charge in [-0.25, -0.2) is 0 Å². The minimum atomic E-state index is 0.142. The quantitative estimate of drug-likeness (QED) is 0.172. The highest BCUT2D eigenvalue weighted by Crippen LogP contribution is 2.44. The lowest BCUT2D eigenvalue weighted by Gasteiger charge is -2.23. The van der Waals surface area contributed by atoms with Gasteiger partial charge < -0.3 is 4.40 Å². The lowest BCUT2D eigenvalue weighted by molar-refractivity contribution is 0.411. The van der Waals surface area contributed by atoms with Crippen LogP contribution >= 0.6 is 0 Å². The van der Waals surface area contributed by atoms with E-state index >= 15 is 0 Å². The van der Waals surface area contributed by atoms with Gasteiger partial charge in [-0.15, -0.1) is 0 Å². The fourth-order valence-electron chi connectivity index (χ4n) is 6.71. The van der Waals surface area contributed by atoms with Gasteiger partial charge in [-0.2, -0.15) is 0 Å². The van der Waals surface area contributed by atoms with Crippen LogP contribution in [0, 0.1) is 17.8 Å². The molecule has 0 bridgehead atoms. The summed E-state index contributed by atoms with van der Waals surface area (Å²) in [5.41, 5.74) is 9.55. The molecule has 7 rings (SSSR count). The predicted octanol–water partition coefficient (Wildman–Crippen LogP) is 10.0. The largest absolute Gasteiger partial charge is 0.308 e. The topological polar surface area (TPSA) is 17.3 Å². The van der Waals surface area contributed by atoms with Crippen molar-refractivity contribution in [2.24, 2.45) is 10.8 Å². The molecule has 7 aromatic rings. The highest BCUT2D eigenvalue weighted by Gasteiger charge is 2.24. The van der Waals surface area contributed by atoms with Gasteiger partial charge in [-0.3, -0.25) is 4.98 Å². The zero-order chi connectivity index (χ0) is 26.6. The van der Waals surface area contributed by atoms with Gasteiger partial charge in [-0.1, -0.05) is 89.6 Å². The van der Waals surface area contributed by atoms with Crippen LogP contribution in [-0.2, 0) is 12.8 Å². The molecule has 2 heteroatoms. The number of rotatable bonds is 2. The fourth-order valence-corrected chi connectivity index (χ4v) is 6.71. The van der Waals surface area contributed by atoms with Gasteiger partial charge in [0.05, 0.1) is 22.1 Å². The van der Waals surface area contributed by atoms with Crippen LogP contribution in [0.2, 0.25) is 0 Å². The highest BCUT2D eigenvalue weighted by molar-refractivity contribution is 6.28. The van der Waals surface area contributed by atoms with Crippen molar-refractivity contribution in [3.8, 4) is 0 Å². The molecule has 0 aliphatic rings. The molecule has 3 heterocycles. The maximum Gasteiger partial charge on any atom is 0.0823 e. The summed E-state index contributed by atoms with van der Waals surface area (Å²) in [5, 5.41) is 9.10. The normalized spacial score (nSPS) is 13.3. The lowest BCUT2D eigenvalue weighted by atomic mass is 9.84. The first-order valence-corrected chi connectivity index (χ1v) is 13.9. The molecule has 0 amide bonds. The number of aromatic nitrogens is 2. The van der Waals surface area contributed by atoms with Crippen molar-refractivity contribution in [2.75, 3.05) is 0 Å². The fraction of sp³-hybridized carbons (Fsp3) is 0.306. The molecule has 0 atom stereocenters. The molecule has 0 saturated carbocycles. The summed E-state index contributed by atoms with van der Waals surface area (Å²) in [6, 6.07) is 23.3. The molecule has 0 unspecified atom stereocenters. The lowest BCUT2D eigenvalue weighted by Crippen LogP contribution is -2.11. The third-order valence-electron chi connectivity index (χ3n) is 8.01. The third kappa shape index (κ3) is 3.50. The van der Waals surface area contributed by atoms with E-state index in [0.29, 0.717) is 0 Å². The smallest absolute Gasteiger partial charge is 0.0823 e. The van der Waals surface area contributed by atoms with Crippen LogP contribution in [0.25, 0.3) is 59.8 Å². The van der Waals surface area contributed by atoms with E-state index in [1.807, 2.05) is 6.20 Å². The molecule has 0 saturated heterocycles. The van der Waals surface area contributed by atoms with Crippen LogP contribution in [0.4, 0.5) is 0 Å². The van der Waals surface area contributed by atoms with Crippen LogP contribution in [0.5, 0.6) is 0 Å². The van der Waals surface area contributed by atoms with Gasteiger partial charge >= 0.3 is 0 Å². The Kier molecular flexibility index (Phi) is 4.75. The van der Waals surface area contributed by atoms with Crippen molar-refractivity contribution < 1.29 is 0 Å². The van der Waals surface area contributed by atoms with E-state index in [2.05, 4.69) is 114 Å². The van der Waals surface area contributed by atoms with Crippen molar-refractivity contribution in [3.63, 3.8) is 0 Å². The Morgan fingerprint density at radius 2 is 1.39 bits per heavy atom. The maximum atomic E-state index is 5.05. The summed E-state index contributed by atoms with van der Waals surface area (Å²) in [7, 11) is 0. The van der Waals surface area contributed by atoms with Gasteiger partial charge in [0, 0.05) is 27.7 Å². The first-order valence-electron chi connectivity index (χ1n) is 13.9.